The molecular formula is C14H14Cl2N2O. The number of nitrogens with one attached hydrogen (secondary N) is 2. The van der Waals surface area contributed by atoms with E-state index < -0.39 is 5.54 Å². The van der Waals surface area contributed by atoms with Gasteiger partial charge in [-0.15, -0.1) is 0 Å². The van der Waals surface area contributed by atoms with E-state index in [2.05, 4.69) is 10.3 Å². The van der Waals surface area contributed by atoms with Gasteiger partial charge in [-0.1, -0.05) is 29.3 Å². The van der Waals surface area contributed by atoms with Crippen LogP contribution < -0.4 is 5.32 Å². The van der Waals surface area contributed by atoms with E-state index in [-0.39, 0.29) is 5.91 Å². The van der Waals surface area contributed by atoms with Crippen LogP contribution in [0.1, 0.15) is 29.9 Å². The van der Waals surface area contributed by atoms with Crippen molar-refractivity contribution < 1.29 is 4.79 Å². The molecule has 1 aromatic carbocycles. The van der Waals surface area contributed by atoms with Gasteiger partial charge in [0, 0.05) is 16.2 Å². The van der Waals surface area contributed by atoms with Crippen LogP contribution >= 0.6 is 23.2 Å². The number of halogens is 2. The van der Waals surface area contributed by atoms with E-state index in [1.54, 1.807) is 30.5 Å². The molecule has 0 unspecified atom stereocenters. The molecule has 100 valence electrons. The molecule has 0 saturated heterocycles. The first-order chi connectivity index (χ1) is 8.90. The average Bonchev–Trinajstić information content (AvgIpc) is 2.80. The Bertz CT molecular complexity index is 591. The largest absolute Gasteiger partial charge is 0.357 e. The second kappa shape index (κ2) is 5.27. The maximum Gasteiger partial charge on any atom is 0.268 e. The second-order valence-electron chi connectivity index (χ2n) is 4.79. The van der Waals surface area contributed by atoms with Crippen molar-refractivity contribution in [2.75, 3.05) is 0 Å². The Balaban J connectivity index is 2.25. The summed E-state index contributed by atoms with van der Waals surface area (Å²) in [5.41, 5.74) is 0.737. The molecule has 0 bridgehead atoms. The van der Waals surface area contributed by atoms with Crippen molar-refractivity contribution in [1.82, 2.24) is 10.3 Å². The second-order valence-corrected chi connectivity index (χ2v) is 5.63. The topological polar surface area (TPSA) is 44.9 Å². The molecule has 0 aliphatic heterocycles. The lowest BCUT2D eigenvalue weighted by atomic mass is 9.94. The van der Waals surface area contributed by atoms with Gasteiger partial charge in [-0.05, 0) is 43.7 Å². The van der Waals surface area contributed by atoms with Crippen molar-refractivity contribution in [2.24, 2.45) is 0 Å². The van der Waals surface area contributed by atoms with Crippen LogP contribution in [0.3, 0.4) is 0 Å². The lowest BCUT2D eigenvalue weighted by molar-refractivity contribution is 0.0907. The molecule has 0 fully saturated rings. The van der Waals surface area contributed by atoms with E-state index in [0.29, 0.717) is 15.7 Å². The van der Waals surface area contributed by atoms with Gasteiger partial charge in [0.1, 0.15) is 5.69 Å². The number of amides is 1. The monoisotopic (exact) mass is 296 g/mol. The molecule has 1 heterocycles. The lowest BCUT2D eigenvalue weighted by Crippen LogP contribution is -2.41. The maximum atomic E-state index is 12.1. The summed E-state index contributed by atoms with van der Waals surface area (Å²) in [7, 11) is 0. The van der Waals surface area contributed by atoms with E-state index >= 15 is 0 Å². The zero-order chi connectivity index (χ0) is 14.0. The molecule has 2 rings (SSSR count). The third kappa shape index (κ3) is 3.11. The predicted molar refractivity (Wildman–Crippen MR) is 77.7 cm³/mol. The Morgan fingerprint density at radius 2 is 2.00 bits per heavy atom. The van der Waals surface area contributed by atoms with Gasteiger partial charge in [0.15, 0.2) is 0 Å². The van der Waals surface area contributed by atoms with E-state index in [4.69, 9.17) is 23.2 Å². The molecule has 0 atom stereocenters. The minimum Gasteiger partial charge on any atom is -0.357 e. The highest BCUT2D eigenvalue weighted by molar-refractivity contribution is 6.35. The SMILES string of the molecule is CC(C)(NC(=O)c1ccc[nH]1)c1ccc(Cl)cc1Cl. The van der Waals surface area contributed by atoms with Gasteiger partial charge in [-0.25, -0.2) is 0 Å². The first kappa shape index (κ1) is 14.0. The Morgan fingerprint density at radius 3 is 2.58 bits per heavy atom. The highest BCUT2D eigenvalue weighted by Crippen LogP contribution is 2.30. The average molecular weight is 297 g/mol. The molecular weight excluding hydrogens is 283 g/mol. The molecule has 3 nitrogen and oxygen atoms in total. The summed E-state index contributed by atoms with van der Waals surface area (Å²) >= 11 is 12.1. The van der Waals surface area contributed by atoms with Crippen molar-refractivity contribution in [1.29, 1.82) is 0 Å². The standard InChI is InChI=1S/C14H14Cl2N2O/c1-14(2,10-6-5-9(15)8-11(10)16)18-13(19)12-4-3-7-17-12/h3-8,17H,1-2H3,(H,18,19). The van der Waals surface area contributed by atoms with Crippen LogP contribution in [0.5, 0.6) is 0 Å². The van der Waals surface area contributed by atoms with Gasteiger partial charge >= 0.3 is 0 Å². The molecule has 19 heavy (non-hydrogen) atoms. The number of H-pyrrole nitrogens is 1. The smallest absolute Gasteiger partial charge is 0.268 e. The van der Waals surface area contributed by atoms with E-state index in [0.717, 1.165) is 5.56 Å². The van der Waals surface area contributed by atoms with E-state index in [1.165, 1.54) is 0 Å². The summed E-state index contributed by atoms with van der Waals surface area (Å²) in [6.07, 6.45) is 1.71. The van der Waals surface area contributed by atoms with E-state index in [9.17, 15) is 4.79 Å². The number of rotatable bonds is 3. The number of carbonyl (C=O) groups is 1. The molecule has 0 saturated carbocycles. The minimum absolute atomic E-state index is 0.180. The fourth-order valence-electron chi connectivity index (χ4n) is 1.89. The third-order valence-electron chi connectivity index (χ3n) is 2.87. The van der Waals surface area contributed by atoms with Gasteiger partial charge in [0.2, 0.25) is 0 Å². The quantitative estimate of drug-likeness (QED) is 0.884. The first-order valence-electron chi connectivity index (χ1n) is 5.81. The lowest BCUT2D eigenvalue weighted by Gasteiger charge is -2.27. The van der Waals surface area contributed by atoms with E-state index in [1.807, 2.05) is 19.9 Å². The van der Waals surface area contributed by atoms with Crippen molar-refractivity contribution in [3.05, 3.63) is 57.8 Å². The maximum absolute atomic E-state index is 12.1. The molecule has 2 aromatic rings. The molecule has 2 N–H and O–H groups in total. The Hall–Kier alpha value is -1.45. The highest BCUT2D eigenvalue weighted by atomic mass is 35.5. The summed E-state index contributed by atoms with van der Waals surface area (Å²) in [6.45, 7) is 3.78. The molecule has 0 aliphatic rings. The zero-order valence-corrected chi connectivity index (χ0v) is 12.1. The van der Waals surface area contributed by atoms with Gasteiger partial charge in [-0.2, -0.15) is 0 Å². The molecule has 1 amide bonds. The number of benzene rings is 1. The third-order valence-corrected chi connectivity index (χ3v) is 3.42. The van der Waals surface area contributed by atoms with Crippen LogP contribution in [-0.2, 0) is 5.54 Å². The number of aromatic amines is 1. The molecule has 1 aromatic heterocycles. The van der Waals surface area contributed by atoms with Crippen LogP contribution in [0.4, 0.5) is 0 Å². The van der Waals surface area contributed by atoms with Crippen molar-refractivity contribution >= 4 is 29.1 Å². The van der Waals surface area contributed by atoms with Crippen LogP contribution in [0.15, 0.2) is 36.5 Å². The van der Waals surface area contributed by atoms with Crippen LogP contribution in [0, 0.1) is 0 Å². The van der Waals surface area contributed by atoms with Gasteiger partial charge in [0.05, 0.1) is 5.54 Å². The molecule has 0 radical (unpaired) electrons. The van der Waals surface area contributed by atoms with Crippen LogP contribution in [0.2, 0.25) is 10.0 Å². The summed E-state index contributed by atoms with van der Waals surface area (Å²) in [5, 5.41) is 4.04. The van der Waals surface area contributed by atoms with Crippen molar-refractivity contribution in [2.45, 2.75) is 19.4 Å². The summed E-state index contributed by atoms with van der Waals surface area (Å²) in [4.78, 5) is 14.9. The normalized spacial score (nSPS) is 11.4. The number of hydrogen-bond donors (Lipinski definition) is 2. The fourth-order valence-corrected chi connectivity index (χ4v) is 2.53. The van der Waals surface area contributed by atoms with Gasteiger partial charge in [-0.3, -0.25) is 4.79 Å². The number of aromatic nitrogens is 1. The zero-order valence-electron chi connectivity index (χ0n) is 10.6. The summed E-state index contributed by atoms with van der Waals surface area (Å²) < 4.78 is 0. The van der Waals surface area contributed by atoms with Gasteiger partial charge < -0.3 is 10.3 Å². The first-order valence-corrected chi connectivity index (χ1v) is 6.57. The molecule has 5 heteroatoms. The van der Waals surface area contributed by atoms with Crippen LogP contribution in [0.25, 0.3) is 0 Å². The Kier molecular flexibility index (Phi) is 3.88. The highest BCUT2D eigenvalue weighted by Gasteiger charge is 2.26. The van der Waals surface area contributed by atoms with Gasteiger partial charge in [0.25, 0.3) is 5.91 Å². The summed E-state index contributed by atoms with van der Waals surface area (Å²) in [5.74, 6) is -0.180. The summed E-state index contributed by atoms with van der Waals surface area (Å²) in [6, 6.07) is 8.73. The van der Waals surface area contributed by atoms with Crippen LogP contribution in [-0.4, -0.2) is 10.9 Å². The fraction of sp³-hybridized carbons (Fsp3) is 0.214. The number of carbonyl (C=O) groups excluding carboxylic acids is 1. The number of hydrogen-bond acceptors (Lipinski definition) is 1. The predicted octanol–water partition coefficient (Wildman–Crippen LogP) is 3.99. The molecule has 0 aliphatic carbocycles. The Labute approximate surface area is 121 Å². The van der Waals surface area contributed by atoms with Crippen molar-refractivity contribution in [3.8, 4) is 0 Å². The minimum atomic E-state index is -0.593. The molecule has 0 spiro atoms. The Morgan fingerprint density at radius 1 is 1.26 bits per heavy atom. The van der Waals surface area contributed by atoms with Crippen molar-refractivity contribution in [3.63, 3.8) is 0 Å².